The first kappa shape index (κ1) is 10.8. The molecule has 0 amide bonds. The molecule has 1 aromatic rings. The van der Waals surface area contributed by atoms with E-state index in [2.05, 4.69) is 60.4 Å². The van der Waals surface area contributed by atoms with E-state index in [0.717, 1.165) is 16.8 Å². The van der Waals surface area contributed by atoms with Gasteiger partial charge >= 0.3 is 0 Å². The van der Waals surface area contributed by atoms with Gasteiger partial charge in [-0.2, -0.15) is 36.2 Å². The van der Waals surface area contributed by atoms with Crippen LogP contribution in [-0.4, -0.2) is 16.8 Å². The molecule has 3 heteroatoms. The summed E-state index contributed by atoms with van der Waals surface area (Å²) in [7, 11) is 0. The van der Waals surface area contributed by atoms with Crippen molar-refractivity contribution in [3.8, 4) is 0 Å². The second kappa shape index (κ2) is 5.38. The summed E-state index contributed by atoms with van der Waals surface area (Å²) in [5.74, 6) is 4.69. The van der Waals surface area contributed by atoms with Gasteiger partial charge in [-0.25, -0.2) is 0 Å². The molecule has 0 atom stereocenters. The predicted octanol–water partition coefficient (Wildman–Crippen LogP) is 3.47. The number of hydrogen-bond donors (Lipinski definition) is 1. The van der Waals surface area contributed by atoms with Crippen molar-refractivity contribution in [2.24, 2.45) is 0 Å². The minimum absolute atomic E-state index is 0.845. The number of hydrogen-bond acceptors (Lipinski definition) is 3. The minimum Gasteiger partial charge on any atom is -0.175 e. The largest absolute Gasteiger partial charge is 0.175 e. The minimum atomic E-state index is 0.845. The summed E-state index contributed by atoms with van der Waals surface area (Å²) in [6.45, 7) is 0. The zero-order valence-corrected chi connectivity index (χ0v) is 10.5. The van der Waals surface area contributed by atoms with Crippen LogP contribution in [0.25, 0.3) is 0 Å². The van der Waals surface area contributed by atoms with Crippen molar-refractivity contribution in [3.05, 3.63) is 35.4 Å². The van der Waals surface area contributed by atoms with E-state index in [-0.39, 0.29) is 0 Å². The topological polar surface area (TPSA) is 0 Å². The second-order valence-corrected chi connectivity index (χ2v) is 6.13. The van der Waals surface area contributed by atoms with Crippen LogP contribution in [-0.2, 0) is 11.5 Å². The van der Waals surface area contributed by atoms with Crippen LogP contribution in [0.15, 0.2) is 24.3 Å². The Morgan fingerprint density at radius 3 is 2.79 bits per heavy atom. The first-order valence-corrected chi connectivity index (χ1v) is 7.60. The summed E-state index contributed by atoms with van der Waals surface area (Å²) in [5, 5.41) is 0.902. The fraction of sp³-hybridized carbons (Fsp3) is 0.455. The fourth-order valence-corrected chi connectivity index (χ4v) is 3.92. The smallest absolute Gasteiger partial charge is 0.0232 e. The Balaban J connectivity index is 1.87. The molecule has 0 aromatic heterocycles. The Morgan fingerprint density at radius 1 is 1.36 bits per heavy atom. The van der Waals surface area contributed by atoms with Gasteiger partial charge in [-0.05, 0) is 11.1 Å². The van der Waals surface area contributed by atoms with Gasteiger partial charge in [0.15, 0.2) is 0 Å². The number of thioether (sulfide) groups is 2. The molecule has 0 saturated carbocycles. The van der Waals surface area contributed by atoms with Crippen LogP contribution in [0.4, 0.5) is 0 Å². The first-order valence-electron chi connectivity index (χ1n) is 4.76. The monoisotopic (exact) mass is 242 g/mol. The lowest BCUT2D eigenvalue weighted by molar-refractivity contribution is 1.08. The number of benzene rings is 1. The first-order chi connectivity index (χ1) is 6.88. The van der Waals surface area contributed by atoms with Gasteiger partial charge in [0.25, 0.3) is 0 Å². The van der Waals surface area contributed by atoms with Crippen LogP contribution in [0.3, 0.4) is 0 Å². The molecule has 1 heterocycles. The third kappa shape index (κ3) is 2.88. The highest BCUT2D eigenvalue weighted by atomic mass is 32.2. The predicted molar refractivity (Wildman–Crippen MR) is 71.5 cm³/mol. The molecule has 1 aliphatic rings. The second-order valence-electron chi connectivity index (χ2n) is 3.45. The zero-order chi connectivity index (χ0) is 9.80. The van der Waals surface area contributed by atoms with E-state index in [0.29, 0.717) is 0 Å². The van der Waals surface area contributed by atoms with Crippen molar-refractivity contribution in [1.29, 1.82) is 0 Å². The standard InChI is InChI=1S/C11H14S3/c12-5-9-2-1-3-10(4-9)6-14-11-7-13-8-11/h1-4,11-12H,5-8H2. The van der Waals surface area contributed by atoms with Crippen molar-refractivity contribution in [2.45, 2.75) is 16.8 Å². The molecule has 0 spiro atoms. The van der Waals surface area contributed by atoms with Crippen molar-refractivity contribution < 1.29 is 0 Å². The van der Waals surface area contributed by atoms with Crippen molar-refractivity contribution in [1.82, 2.24) is 0 Å². The average Bonchev–Trinajstić information content (AvgIpc) is 2.16. The summed E-state index contributed by atoms with van der Waals surface area (Å²) in [4.78, 5) is 0. The third-order valence-corrected chi connectivity index (χ3v) is 5.64. The Hall–Kier alpha value is 0.270. The molecule has 0 N–H and O–H groups in total. The summed E-state index contributed by atoms with van der Waals surface area (Å²) in [5.41, 5.74) is 2.77. The lowest BCUT2D eigenvalue weighted by Crippen LogP contribution is -2.20. The summed E-state index contributed by atoms with van der Waals surface area (Å²) in [6, 6.07) is 8.76. The van der Waals surface area contributed by atoms with Crippen LogP contribution >= 0.6 is 36.2 Å². The van der Waals surface area contributed by atoms with Gasteiger partial charge in [-0.3, -0.25) is 0 Å². The van der Waals surface area contributed by atoms with E-state index in [4.69, 9.17) is 0 Å². The summed E-state index contributed by atoms with van der Waals surface area (Å²) >= 11 is 8.43. The van der Waals surface area contributed by atoms with Crippen LogP contribution < -0.4 is 0 Å². The Bertz CT molecular complexity index is 294. The third-order valence-electron chi connectivity index (χ3n) is 2.27. The average molecular weight is 242 g/mol. The summed E-state index contributed by atoms with van der Waals surface area (Å²) < 4.78 is 0. The maximum atomic E-state index is 4.29. The summed E-state index contributed by atoms with van der Waals surface area (Å²) in [6.07, 6.45) is 0. The van der Waals surface area contributed by atoms with Gasteiger partial charge in [-0.1, -0.05) is 24.3 Å². The van der Waals surface area contributed by atoms with Gasteiger partial charge in [0, 0.05) is 28.3 Å². The highest BCUT2D eigenvalue weighted by molar-refractivity contribution is 8.07. The van der Waals surface area contributed by atoms with E-state index < -0.39 is 0 Å². The molecule has 1 aliphatic heterocycles. The van der Waals surface area contributed by atoms with Gasteiger partial charge in [0.2, 0.25) is 0 Å². The van der Waals surface area contributed by atoms with Crippen LogP contribution in [0.2, 0.25) is 0 Å². The van der Waals surface area contributed by atoms with E-state index in [1.54, 1.807) is 0 Å². The van der Waals surface area contributed by atoms with Crippen LogP contribution in [0.5, 0.6) is 0 Å². The molecule has 2 rings (SSSR count). The molecule has 1 aromatic carbocycles. The molecular weight excluding hydrogens is 228 g/mol. The molecule has 0 nitrogen and oxygen atoms in total. The molecular formula is C11H14S3. The fourth-order valence-electron chi connectivity index (χ4n) is 1.34. The van der Waals surface area contributed by atoms with Gasteiger partial charge < -0.3 is 0 Å². The lowest BCUT2D eigenvalue weighted by Gasteiger charge is -2.24. The Kier molecular flexibility index (Phi) is 4.14. The molecule has 14 heavy (non-hydrogen) atoms. The van der Waals surface area contributed by atoms with Gasteiger partial charge in [0.05, 0.1) is 0 Å². The maximum absolute atomic E-state index is 4.29. The highest BCUT2D eigenvalue weighted by Gasteiger charge is 2.17. The highest BCUT2D eigenvalue weighted by Crippen LogP contribution is 2.31. The lowest BCUT2D eigenvalue weighted by atomic mass is 10.2. The molecule has 1 fully saturated rings. The molecule has 0 unspecified atom stereocenters. The van der Waals surface area contributed by atoms with Crippen molar-refractivity contribution >= 4 is 36.2 Å². The van der Waals surface area contributed by atoms with Crippen LogP contribution in [0, 0.1) is 0 Å². The SMILES string of the molecule is SCc1cccc(CSC2CSC2)c1. The quantitative estimate of drug-likeness (QED) is 0.803. The van der Waals surface area contributed by atoms with Gasteiger partial charge in [0.1, 0.15) is 0 Å². The number of rotatable bonds is 4. The Morgan fingerprint density at radius 2 is 2.14 bits per heavy atom. The molecule has 0 radical (unpaired) electrons. The van der Waals surface area contributed by atoms with Crippen molar-refractivity contribution in [2.75, 3.05) is 11.5 Å². The van der Waals surface area contributed by atoms with E-state index in [9.17, 15) is 0 Å². The van der Waals surface area contributed by atoms with E-state index in [1.165, 1.54) is 22.6 Å². The number of thiol groups is 1. The Labute approximate surface area is 99.7 Å². The van der Waals surface area contributed by atoms with Gasteiger partial charge in [-0.15, -0.1) is 0 Å². The molecule has 0 bridgehead atoms. The van der Waals surface area contributed by atoms with Crippen molar-refractivity contribution in [3.63, 3.8) is 0 Å². The van der Waals surface area contributed by atoms with E-state index in [1.807, 2.05) is 0 Å². The van der Waals surface area contributed by atoms with E-state index >= 15 is 0 Å². The zero-order valence-electron chi connectivity index (χ0n) is 7.98. The molecule has 0 aliphatic carbocycles. The normalized spacial score (nSPS) is 16.6. The molecule has 76 valence electrons. The maximum Gasteiger partial charge on any atom is 0.0232 e. The molecule has 1 saturated heterocycles. The van der Waals surface area contributed by atoms with Crippen LogP contribution in [0.1, 0.15) is 11.1 Å².